The molecule has 0 N–H and O–H groups in total. The molecule has 14 heavy (non-hydrogen) atoms. The van der Waals surface area contributed by atoms with Crippen molar-refractivity contribution in [3.63, 3.8) is 0 Å². The molecule has 0 fully saturated rings. The van der Waals surface area contributed by atoms with Crippen LogP contribution in [0.1, 0.15) is 10.4 Å². The molecule has 0 atom stereocenters. The molecule has 0 amide bonds. The van der Waals surface area contributed by atoms with Gasteiger partial charge in [0.25, 0.3) is 0 Å². The van der Waals surface area contributed by atoms with Gasteiger partial charge in [0.2, 0.25) is 0 Å². The van der Waals surface area contributed by atoms with E-state index < -0.39 is 12.1 Å². The van der Waals surface area contributed by atoms with Crippen molar-refractivity contribution < 1.29 is 22.7 Å². The second kappa shape index (κ2) is 3.91. The summed E-state index contributed by atoms with van der Waals surface area (Å²) in [7, 11) is 0. The summed E-state index contributed by atoms with van der Waals surface area (Å²) in [5.41, 5.74) is -0.167. The molecule has 0 aliphatic carbocycles. The van der Waals surface area contributed by atoms with Crippen LogP contribution in [0.3, 0.4) is 0 Å². The molecule has 0 spiro atoms. The van der Waals surface area contributed by atoms with Gasteiger partial charge in [0.1, 0.15) is 5.75 Å². The number of carbonyl (C=O) groups is 1. The van der Waals surface area contributed by atoms with Crippen LogP contribution in [0.15, 0.2) is 23.1 Å². The Morgan fingerprint density at radius 1 is 1.36 bits per heavy atom. The van der Waals surface area contributed by atoms with Gasteiger partial charge in [-0.3, -0.25) is 4.79 Å². The Balaban J connectivity index is 3.05. The standard InChI is InChI=1S/C8H5F3O2S/c9-8(10,11)13-7-3-6(14)2-1-5(7)4-12/h1-4,14H. The molecule has 6 heteroatoms. The van der Waals surface area contributed by atoms with Crippen LogP contribution in [0, 0.1) is 0 Å². The summed E-state index contributed by atoms with van der Waals surface area (Å²) in [5.74, 6) is -0.542. The van der Waals surface area contributed by atoms with E-state index in [4.69, 9.17) is 0 Å². The fraction of sp³-hybridized carbons (Fsp3) is 0.125. The summed E-state index contributed by atoms with van der Waals surface area (Å²) in [4.78, 5) is 10.6. The zero-order valence-electron chi connectivity index (χ0n) is 6.71. The number of alkyl halides is 3. The van der Waals surface area contributed by atoms with Crippen molar-refractivity contribution in [1.82, 2.24) is 0 Å². The number of benzene rings is 1. The van der Waals surface area contributed by atoms with Gasteiger partial charge in [-0.1, -0.05) is 0 Å². The Morgan fingerprint density at radius 3 is 2.50 bits per heavy atom. The Labute approximate surface area is 83.1 Å². The molecule has 2 nitrogen and oxygen atoms in total. The van der Waals surface area contributed by atoms with Gasteiger partial charge in [-0.25, -0.2) is 0 Å². The van der Waals surface area contributed by atoms with Gasteiger partial charge in [-0.05, 0) is 18.2 Å². The highest BCUT2D eigenvalue weighted by molar-refractivity contribution is 7.80. The predicted octanol–water partition coefficient (Wildman–Crippen LogP) is 2.69. The summed E-state index contributed by atoms with van der Waals surface area (Å²) in [6.07, 6.45) is -4.52. The lowest BCUT2D eigenvalue weighted by Gasteiger charge is -2.10. The van der Waals surface area contributed by atoms with Gasteiger partial charge in [-0.15, -0.1) is 25.8 Å². The van der Waals surface area contributed by atoms with Gasteiger partial charge in [0.15, 0.2) is 6.29 Å². The van der Waals surface area contributed by atoms with E-state index in [9.17, 15) is 18.0 Å². The van der Waals surface area contributed by atoms with E-state index in [1.54, 1.807) is 0 Å². The van der Waals surface area contributed by atoms with E-state index >= 15 is 0 Å². The fourth-order valence-corrected chi connectivity index (χ4v) is 1.03. The SMILES string of the molecule is O=Cc1ccc(S)cc1OC(F)(F)F. The molecular weight excluding hydrogens is 217 g/mol. The highest BCUT2D eigenvalue weighted by atomic mass is 32.1. The minimum absolute atomic E-state index is 0.167. The first-order valence-electron chi connectivity index (χ1n) is 3.46. The van der Waals surface area contributed by atoms with Crippen LogP contribution in [0.5, 0.6) is 5.75 Å². The van der Waals surface area contributed by atoms with Crippen LogP contribution in [0.4, 0.5) is 13.2 Å². The summed E-state index contributed by atoms with van der Waals surface area (Å²) in [5, 5.41) is 0. The van der Waals surface area contributed by atoms with Gasteiger partial charge in [0, 0.05) is 4.90 Å². The Bertz CT molecular complexity index is 349. The van der Waals surface area contributed by atoms with Gasteiger partial charge in [-0.2, -0.15) is 0 Å². The summed E-state index contributed by atoms with van der Waals surface area (Å²) in [6.45, 7) is 0. The molecule has 1 rings (SSSR count). The van der Waals surface area contributed by atoms with Gasteiger partial charge >= 0.3 is 6.36 Å². The minimum Gasteiger partial charge on any atom is -0.405 e. The highest BCUT2D eigenvalue weighted by Crippen LogP contribution is 2.27. The van der Waals surface area contributed by atoms with E-state index in [2.05, 4.69) is 17.4 Å². The second-order valence-corrected chi connectivity index (χ2v) is 2.90. The summed E-state index contributed by atoms with van der Waals surface area (Å²) >= 11 is 3.83. The van der Waals surface area contributed by atoms with Gasteiger partial charge in [0.05, 0.1) is 5.56 Å². The van der Waals surface area contributed by atoms with Crippen LogP contribution in [0.2, 0.25) is 0 Å². The first-order chi connectivity index (χ1) is 6.42. The number of rotatable bonds is 2. The van der Waals surface area contributed by atoms with Crippen LogP contribution in [-0.2, 0) is 0 Å². The molecule has 1 aromatic rings. The van der Waals surface area contributed by atoms with E-state index in [1.165, 1.54) is 12.1 Å². The number of hydrogen-bond acceptors (Lipinski definition) is 3. The van der Waals surface area contributed by atoms with Crippen molar-refractivity contribution in [2.24, 2.45) is 0 Å². The molecule has 0 aromatic heterocycles. The van der Waals surface area contributed by atoms with E-state index in [1.807, 2.05) is 0 Å². The third-order valence-corrected chi connectivity index (χ3v) is 1.63. The van der Waals surface area contributed by atoms with Crippen LogP contribution < -0.4 is 4.74 Å². The maximum atomic E-state index is 11.8. The Hall–Kier alpha value is -1.17. The zero-order chi connectivity index (χ0) is 10.8. The quantitative estimate of drug-likeness (QED) is 0.615. The number of halogens is 3. The fourth-order valence-electron chi connectivity index (χ4n) is 0.833. The molecule has 0 bridgehead atoms. The van der Waals surface area contributed by atoms with Crippen molar-refractivity contribution in [3.8, 4) is 5.75 Å². The second-order valence-electron chi connectivity index (χ2n) is 2.39. The average Bonchev–Trinajstić information content (AvgIpc) is 2.01. The number of aldehydes is 1. The topological polar surface area (TPSA) is 26.3 Å². The third kappa shape index (κ3) is 2.95. The lowest BCUT2D eigenvalue weighted by atomic mass is 10.2. The Kier molecular flexibility index (Phi) is 3.05. The molecule has 0 heterocycles. The average molecular weight is 222 g/mol. The van der Waals surface area contributed by atoms with E-state index in [-0.39, 0.29) is 16.7 Å². The molecule has 0 saturated heterocycles. The molecule has 0 aliphatic heterocycles. The van der Waals surface area contributed by atoms with Crippen LogP contribution in [0.25, 0.3) is 0 Å². The maximum absolute atomic E-state index is 11.8. The third-order valence-electron chi connectivity index (χ3n) is 1.35. The largest absolute Gasteiger partial charge is 0.573 e. The lowest BCUT2D eigenvalue weighted by Crippen LogP contribution is -2.18. The first-order valence-corrected chi connectivity index (χ1v) is 3.91. The first kappa shape index (κ1) is 10.9. The summed E-state index contributed by atoms with van der Waals surface area (Å²) < 4.78 is 39.1. The molecule has 0 saturated carbocycles. The van der Waals surface area contributed by atoms with Crippen molar-refractivity contribution in [2.75, 3.05) is 0 Å². The molecule has 0 aliphatic rings. The van der Waals surface area contributed by atoms with Crippen molar-refractivity contribution in [3.05, 3.63) is 23.8 Å². The number of thiol groups is 1. The van der Waals surface area contributed by atoms with Crippen LogP contribution in [-0.4, -0.2) is 12.6 Å². The van der Waals surface area contributed by atoms with E-state index in [0.29, 0.717) is 0 Å². The lowest BCUT2D eigenvalue weighted by molar-refractivity contribution is -0.274. The Morgan fingerprint density at radius 2 is 2.00 bits per heavy atom. The van der Waals surface area contributed by atoms with Crippen molar-refractivity contribution in [1.29, 1.82) is 0 Å². The number of carbonyl (C=O) groups excluding carboxylic acids is 1. The maximum Gasteiger partial charge on any atom is 0.573 e. The van der Waals surface area contributed by atoms with Crippen molar-refractivity contribution >= 4 is 18.9 Å². The smallest absolute Gasteiger partial charge is 0.405 e. The highest BCUT2D eigenvalue weighted by Gasteiger charge is 2.32. The molecule has 0 unspecified atom stereocenters. The molecule has 1 aromatic carbocycles. The van der Waals surface area contributed by atoms with Crippen LogP contribution >= 0.6 is 12.6 Å². The monoisotopic (exact) mass is 222 g/mol. The zero-order valence-corrected chi connectivity index (χ0v) is 7.60. The number of ether oxygens (including phenoxy) is 1. The molecule has 0 radical (unpaired) electrons. The number of hydrogen-bond donors (Lipinski definition) is 1. The summed E-state index contributed by atoms with van der Waals surface area (Å²) in [6, 6.07) is 3.63. The predicted molar refractivity (Wildman–Crippen MR) is 45.8 cm³/mol. The van der Waals surface area contributed by atoms with Gasteiger partial charge < -0.3 is 4.74 Å². The van der Waals surface area contributed by atoms with Crippen molar-refractivity contribution in [2.45, 2.75) is 11.3 Å². The minimum atomic E-state index is -4.81. The van der Waals surface area contributed by atoms with E-state index in [0.717, 1.165) is 6.07 Å². The normalized spacial score (nSPS) is 11.1. The molecular formula is C8H5F3O2S. The molecule has 76 valence electrons.